The van der Waals surface area contributed by atoms with Crippen LogP contribution in [-0.4, -0.2) is 30.5 Å². The van der Waals surface area contributed by atoms with Gasteiger partial charge in [-0.3, -0.25) is 0 Å². The van der Waals surface area contributed by atoms with Crippen LogP contribution in [-0.2, 0) is 0 Å². The Hall–Kier alpha value is -0.290. The van der Waals surface area contributed by atoms with Crippen molar-refractivity contribution in [1.82, 2.24) is 5.32 Å². The van der Waals surface area contributed by atoms with Crippen LogP contribution in [0.5, 0.6) is 0 Å². The molecular weight excluding hydrogens is 183 g/mol. The summed E-state index contributed by atoms with van der Waals surface area (Å²) >= 11 is 0. The highest BCUT2D eigenvalue weighted by molar-refractivity contribution is 4.67. The molecule has 0 aliphatic heterocycles. The maximum atomic E-state index is 11.7. The van der Waals surface area contributed by atoms with Crippen LogP contribution in [0.15, 0.2) is 0 Å². The molecule has 0 saturated heterocycles. The molecule has 0 spiro atoms. The van der Waals surface area contributed by atoms with Gasteiger partial charge in [-0.25, -0.2) is 0 Å². The van der Waals surface area contributed by atoms with Gasteiger partial charge in [0.1, 0.15) is 0 Å². The first-order chi connectivity index (χ1) is 5.84. The van der Waals surface area contributed by atoms with Crippen LogP contribution in [0.2, 0.25) is 0 Å². The summed E-state index contributed by atoms with van der Waals surface area (Å²) in [7, 11) is 0. The van der Waals surface area contributed by atoms with Crippen molar-refractivity contribution in [3.8, 4) is 0 Å². The SMILES string of the molecule is CC(C)CCNCC(O)C(F)(F)F. The molecule has 5 heteroatoms. The zero-order chi connectivity index (χ0) is 10.5. The molecule has 80 valence electrons. The van der Waals surface area contributed by atoms with Gasteiger partial charge in [-0.2, -0.15) is 13.2 Å². The third kappa shape index (κ3) is 6.83. The second kappa shape index (κ2) is 5.44. The summed E-state index contributed by atoms with van der Waals surface area (Å²) in [6.07, 6.45) is -5.95. The zero-order valence-electron chi connectivity index (χ0n) is 7.86. The van der Waals surface area contributed by atoms with Crippen molar-refractivity contribution in [2.75, 3.05) is 13.1 Å². The molecule has 0 fully saturated rings. The van der Waals surface area contributed by atoms with E-state index in [1.807, 2.05) is 13.8 Å². The summed E-state index contributed by atoms with van der Waals surface area (Å²) in [5.41, 5.74) is 0. The zero-order valence-corrected chi connectivity index (χ0v) is 7.86. The van der Waals surface area contributed by atoms with Gasteiger partial charge in [0.2, 0.25) is 0 Å². The second-order valence-corrected chi connectivity index (χ2v) is 3.44. The topological polar surface area (TPSA) is 32.3 Å². The van der Waals surface area contributed by atoms with Crippen LogP contribution in [0, 0.1) is 5.92 Å². The van der Waals surface area contributed by atoms with E-state index in [0.717, 1.165) is 6.42 Å². The predicted molar refractivity (Wildman–Crippen MR) is 44.4 cm³/mol. The Morgan fingerprint density at radius 2 is 1.85 bits per heavy atom. The van der Waals surface area contributed by atoms with Gasteiger partial charge in [0.05, 0.1) is 0 Å². The Morgan fingerprint density at radius 3 is 2.23 bits per heavy atom. The van der Waals surface area contributed by atoms with E-state index in [9.17, 15) is 13.2 Å². The average Bonchev–Trinajstić information content (AvgIpc) is 1.95. The largest absolute Gasteiger partial charge is 0.415 e. The van der Waals surface area contributed by atoms with E-state index in [4.69, 9.17) is 5.11 Å². The van der Waals surface area contributed by atoms with Crippen LogP contribution in [0.1, 0.15) is 20.3 Å². The normalized spacial score (nSPS) is 15.0. The minimum Gasteiger partial charge on any atom is -0.382 e. The summed E-state index contributed by atoms with van der Waals surface area (Å²) in [5, 5.41) is 11.1. The highest BCUT2D eigenvalue weighted by Gasteiger charge is 2.37. The van der Waals surface area contributed by atoms with E-state index in [1.165, 1.54) is 0 Å². The van der Waals surface area contributed by atoms with Gasteiger partial charge in [0, 0.05) is 6.54 Å². The van der Waals surface area contributed by atoms with E-state index < -0.39 is 18.8 Å². The Balaban J connectivity index is 3.43. The number of halogens is 3. The van der Waals surface area contributed by atoms with Crippen LogP contribution >= 0.6 is 0 Å². The van der Waals surface area contributed by atoms with Gasteiger partial charge in [0.15, 0.2) is 6.10 Å². The molecule has 2 nitrogen and oxygen atoms in total. The molecule has 0 aliphatic rings. The number of aliphatic hydroxyl groups excluding tert-OH is 1. The lowest BCUT2D eigenvalue weighted by molar-refractivity contribution is -0.201. The molecule has 1 unspecified atom stereocenters. The average molecular weight is 199 g/mol. The predicted octanol–water partition coefficient (Wildman–Crippen LogP) is 1.55. The van der Waals surface area contributed by atoms with E-state index in [0.29, 0.717) is 12.5 Å². The van der Waals surface area contributed by atoms with Crippen molar-refractivity contribution in [3.05, 3.63) is 0 Å². The van der Waals surface area contributed by atoms with Crippen molar-refractivity contribution >= 4 is 0 Å². The maximum absolute atomic E-state index is 11.7. The lowest BCUT2D eigenvalue weighted by atomic mass is 10.1. The molecule has 2 N–H and O–H groups in total. The van der Waals surface area contributed by atoms with Crippen molar-refractivity contribution in [2.45, 2.75) is 32.5 Å². The lowest BCUT2D eigenvalue weighted by Crippen LogP contribution is -2.38. The lowest BCUT2D eigenvalue weighted by Gasteiger charge is -2.15. The maximum Gasteiger partial charge on any atom is 0.415 e. The first-order valence-electron chi connectivity index (χ1n) is 4.29. The summed E-state index contributed by atoms with van der Waals surface area (Å²) < 4.78 is 35.2. The van der Waals surface area contributed by atoms with Gasteiger partial charge in [0.25, 0.3) is 0 Å². The Morgan fingerprint density at radius 1 is 1.31 bits per heavy atom. The number of hydrogen-bond acceptors (Lipinski definition) is 2. The molecule has 13 heavy (non-hydrogen) atoms. The molecule has 0 heterocycles. The van der Waals surface area contributed by atoms with Gasteiger partial charge in [-0.1, -0.05) is 13.8 Å². The molecule has 0 aromatic heterocycles. The third-order valence-electron chi connectivity index (χ3n) is 1.61. The third-order valence-corrected chi connectivity index (χ3v) is 1.61. The minimum atomic E-state index is -4.51. The molecule has 1 atom stereocenters. The van der Waals surface area contributed by atoms with Crippen LogP contribution < -0.4 is 5.32 Å². The van der Waals surface area contributed by atoms with Gasteiger partial charge in [-0.05, 0) is 18.9 Å². The van der Waals surface area contributed by atoms with Crippen LogP contribution in [0.3, 0.4) is 0 Å². The number of aliphatic hydroxyl groups is 1. The molecular formula is C8H16F3NO. The second-order valence-electron chi connectivity index (χ2n) is 3.44. The fourth-order valence-corrected chi connectivity index (χ4v) is 0.745. The fourth-order valence-electron chi connectivity index (χ4n) is 0.745. The molecule has 0 aromatic rings. The molecule has 0 saturated carbocycles. The summed E-state index contributed by atoms with van der Waals surface area (Å²) in [6, 6.07) is 0. The molecule has 0 aliphatic carbocycles. The van der Waals surface area contributed by atoms with Crippen LogP contribution in [0.4, 0.5) is 13.2 Å². The minimum absolute atomic E-state index is 0.420. The highest BCUT2D eigenvalue weighted by Crippen LogP contribution is 2.19. The quantitative estimate of drug-likeness (QED) is 0.658. The first-order valence-corrected chi connectivity index (χ1v) is 4.29. The Kier molecular flexibility index (Phi) is 5.32. The standard InChI is InChI=1S/C8H16F3NO/c1-6(2)3-4-12-5-7(13)8(9,10)11/h6-7,12-13H,3-5H2,1-2H3. The van der Waals surface area contributed by atoms with E-state index in [-0.39, 0.29) is 0 Å². The smallest absolute Gasteiger partial charge is 0.382 e. The van der Waals surface area contributed by atoms with Gasteiger partial charge in [-0.15, -0.1) is 0 Å². The van der Waals surface area contributed by atoms with Crippen molar-refractivity contribution < 1.29 is 18.3 Å². The number of nitrogens with one attached hydrogen (secondary N) is 1. The van der Waals surface area contributed by atoms with Crippen LogP contribution in [0.25, 0.3) is 0 Å². The molecule has 0 rings (SSSR count). The summed E-state index contributed by atoms with van der Waals surface area (Å²) in [5.74, 6) is 0.454. The van der Waals surface area contributed by atoms with Crippen molar-refractivity contribution in [1.29, 1.82) is 0 Å². The Labute approximate surface area is 76.1 Å². The van der Waals surface area contributed by atoms with E-state index in [2.05, 4.69) is 5.32 Å². The van der Waals surface area contributed by atoms with Crippen molar-refractivity contribution in [2.24, 2.45) is 5.92 Å². The number of hydrogen-bond donors (Lipinski definition) is 2. The van der Waals surface area contributed by atoms with Gasteiger partial charge < -0.3 is 10.4 Å². The van der Waals surface area contributed by atoms with E-state index in [1.54, 1.807) is 0 Å². The van der Waals surface area contributed by atoms with E-state index >= 15 is 0 Å². The Bertz CT molecular complexity index is 136. The van der Waals surface area contributed by atoms with Gasteiger partial charge >= 0.3 is 6.18 Å². The first kappa shape index (κ1) is 12.7. The molecule has 0 amide bonds. The molecule has 0 bridgehead atoms. The summed E-state index contributed by atoms with van der Waals surface area (Å²) in [6.45, 7) is 4.06. The number of alkyl halides is 3. The highest BCUT2D eigenvalue weighted by atomic mass is 19.4. The van der Waals surface area contributed by atoms with Crippen molar-refractivity contribution in [3.63, 3.8) is 0 Å². The molecule has 0 radical (unpaired) electrons. The monoisotopic (exact) mass is 199 g/mol. The molecule has 0 aromatic carbocycles. The fraction of sp³-hybridized carbons (Fsp3) is 1.00. The summed E-state index contributed by atoms with van der Waals surface area (Å²) in [4.78, 5) is 0. The number of rotatable bonds is 5.